The maximum atomic E-state index is 12.9. The number of nitro groups is 1. The van der Waals surface area contributed by atoms with Crippen LogP contribution in [0.5, 0.6) is 0 Å². The van der Waals surface area contributed by atoms with Gasteiger partial charge in [0.1, 0.15) is 12.4 Å². The van der Waals surface area contributed by atoms with Gasteiger partial charge in [-0.1, -0.05) is 30.3 Å². The topological polar surface area (TPSA) is 110 Å². The van der Waals surface area contributed by atoms with Crippen LogP contribution in [-0.2, 0) is 19.4 Å². The molecule has 0 bridgehead atoms. The van der Waals surface area contributed by atoms with E-state index in [9.17, 15) is 14.9 Å². The first kappa shape index (κ1) is 18.1. The van der Waals surface area contributed by atoms with Gasteiger partial charge in [0.25, 0.3) is 11.5 Å². The molecule has 1 atom stereocenters. The summed E-state index contributed by atoms with van der Waals surface area (Å²) < 4.78 is 1.27. The first-order chi connectivity index (χ1) is 13.5. The Balaban J connectivity index is 1.54. The molecule has 1 aliphatic carbocycles. The van der Waals surface area contributed by atoms with Crippen molar-refractivity contribution < 1.29 is 4.92 Å². The van der Waals surface area contributed by atoms with Crippen LogP contribution in [0.25, 0.3) is 5.95 Å². The van der Waals surface area contributed by atoms with Crippen LogP contribution in [0.15, 0.2) is 47.5 Å². The van der Waals surface area contributed by atoms with E-state index in [-0.39, 0.29) is 23.2 Å². The van der Waals surface area contributed by atoms with E-state index in [1.807, 2.05) is 18.2 Å². The maximum absolute atomic E-state index is 12.9. The Morgan fingerprint density at radius 2 is 2.00 bits per heavy atom. The van der Waals surface area contributed by atoms with Gasteiger partial charge < -0.3 is 0 Å². The SMILES string of the molecule is CN(Cc1ccccc1)C1CCc2[nH]n(-c3ncc([N+](=O)[O-])cn3)c(=O)c2C1. The molecule has 9 nitrogen and oxygen atoms in total. The highest BCUT2D eigenvalue weighted by Crippen LogP contribution is 2.22. The largest absolute Gasteiger partial charge is 0.305 e. The molecule has 0 amide bonds. The van der Waals surface area contributed by atoms with E-state index in [0.717, 1.165) is 43.0 Å². The molecule has 1 aliphatic rings. The van der Waals surface area contributed by atoms with E-state index < -0.39 is 4.92 Å². The zero-order valence-corrected chi connectivity index (χ0v) is 15.4. The summed E-state index contributed by atoms with van der Waals surface area (Å²) in [7, 11) is 2.08. The minimum Gasteiger partial charge on any atom is -0.299 e. The van der Waals surface area contributed by atoms with Crippen molar-refractivity contribution in [3.63, 3.8) is 0 Å². The highest BCUT2D eigenvalue weighted by Gasteiger charge is 2.27. The Labute approximate surface area is 160 Å². The molecule has 2 aromatic heterocycles. The van der Waals surface area contributed by atoms with E-state index >= 15 is 0 Å². The molecule has 0 saturated heterocycles. The molecular weight excluding hydrogens is 360 g/mol. The zero-order valence-electron chi connectivity index (χ0n) is 15.4. The van der Waals surface area contributed by atoms with Gasteiger partial charge in [-0.3, -0.25) is 24.9 Å². The number of H-pyrrole nitrogens is 1. The first-order valence-electron chi connectivity index (χ1n) is 9.06. The minimum atomic E-state index is -0.570. The quantitative estimate of drug-likeness (QED) is 0.534. The van der Waals surface area contributed by atoms with Crippen molar-refractivity contribution in [1.82, 2.24) is 24.6 Å². The minimum absolute atomic E-state index is 0.110. The molecule has 0 aliphatic heterocycles. The second kappa shape index (κ2) is 7.35. The summed E-state index contributed by atoms with van der Waals surface area (Å²) in [5.74, 6) is 0.110. The van der Waals surface area contributed by atoms with Crippen LogP contribution in [-0.4, -0.2) is 42.7 Å². The predicted molar refractivity (Wildman–Crippen MR) is 102 cm³/mol. The smallest absolute Gasteiger partial charge is 0.299 e. The van der Waals surface area contributed by atoms with Gasteiger partial charge in [-0.2, -0.15) is 4.68 Å². The number of benzene rings is 1. The molecule has 3 aromatic rings. The number of aryl methyl sites for hydroxylation is 1. The normalized spacial score (nSPS) is 16.1. The number of nitrogens with zero attached hydrogens (tertiary/aromatic N) is 5. The van der Waals surface area contributed by atoms with E-state index in [0.29, 0.717) is 6.42 Å². The van der Waals surface area contributed by atoms with Crippen LogP contribution in [0.2, 0.25) is 0 Å². The molecule has 0 saturated carbocycles. The number of likely N-dealkylation sites (N-methyl/N-ethyl adjacent to an activating group) is 1. The number of fused-ring (bicyclic) bond motifs is 1. The third kappa shape index (κ3) is 3.44. The lowest BCUT2D eigenvalue weighted by Gasteiger charge is -2.30. The predicted octanol–water partition coefficient (Wildman–Crippen LogP) is 1.85. The average molecular weight is 380 g/mol. The van der Waals surface area contributed by atoms with E-state index in [2.05, 4.69) is 39.1 Å². The van der Waals surface area contributed by atoms with Crippen LogP contribution in [0, 0.1) is 10.1 Å². The summed E-state index contributed by atoms with van der Waals surface area (Å²) in [6, 6.07) is 10.5. The van der Waals surface area contributed by atoms with Crippen LogP contribution in [0.3, 0.4) is 0 Å². The van der Waals surface area contributed by atoms with Crippen LogP contribution in [0.4, 0.5) is 5.69 Å². The Bertz CT molecular complexity index is 1040. The van der Waals surface area contributed by atoms with Crippen molar-refractivity contribution in [2.45, 2.75) is 31.8 Å². The lowest BCUT2D eigenvalue weighted by atomic mass is 9.92. The number of hydrogen-bond acceptors (Lipinski definition) is 6. The van der Waals surface area contributed by atoms with Gasteiger partial charge in [0, 0.05) is 23.8 Å². The van der Waals surface area contributed by atoms with Crippen LogP contribution < -0.4 is 5.56 Å². The fourth-order valence-electron chi connectivity index (χ4n) is 3.62. The highest BCUT2D eigenvalue weighted by molar-refractivity contribution is 5.28. The molecule has 0 radical (unpaired) electrons. The molecule has 28 heavy (non-hydrogen) atoms. The third-order valence-electron chi connectivity index (χ3n) is 5.17. The monoisotopic (exact) mass is 380 g/mol. The van der Waals surface area contributed by atoms with E-state index in [1.54, 1.807) is 0 Å². The van der Waals surface area contributed by atoms with Gasteiger partial charge in [0.15, 0.2) is 0 Å². The van der Waals surface area contributed by atoms with Crippen LogP contribution in [0.1, 0.15) is 23.2 Å². The highest BCUT2D eigenvalue weighted by atomic mass is 16.6. The Morgan fingerprint density at radius 3 is 2.68 bits per heavy atom. The van der Waals surface area contributed by atoms with E-state index in [1.165, 1.54) is 10.2 Å². The van der Waals surface area contributed by atoms with Crippen molar-refractivity contribution in [1.29, 1.82) is 0 Å². The fraction of sp³-hybridized carbons (Fsp3) is 0.316. The second-order valence-electron chi connectivity index (χ2n) is 7.01. The number of aromatic nitrogens is 4. The zero-order chi connectivity index (χ0) is 19.7. The molecular formula is C19H20N6O3. The third-order valence-corrected chi connectivity index (χ3v) is 5.17. The molecule has 144 valence electrons. The van der Waals surface area contributed by atoms with Crippen molar-refractivity contribution >= 4 is 5.69 Å². The van der Waals surface area contributed by atoms with Crippen molar-refractivity contribution in [2.24, 2.45) is 0 Å². The van der Waals surface area contributed by atoms with Gasteiger partial charge >= 0.3 is 5.69 Å². The van der Waals surface area contributed by atoms with Gasteiger partial charge in [-0.25, -0.2) is 9.97 Å². The molecule has 9 heteroatoms. The average Bonchev–Trinajstić information content (AvgIpc) is 3.05. The lowest BCUT2D eigenvalue weighted by molar-refractivity contribution is -0.385. The number of hydrogen-bond donors (Lipinski definition) is 1. The summed E-state index contributed by atoms with van der Waals surface area (Å²) in [5.41, 5.74) is 2.45. The fourth-order valence-corrected chi connectivity index (χ4v) is 3.62. The second-order valence-corrected chi connectivity index (χ2v) is 7.01. The van der Waals surface area contributed by atoms with Crippen molar-refractivity contribution in [2.75, 3.05) is 7.05 Å². The Kier molecular flexibility index (Phi) is 4.74. The number of nitrogens with one attached hydrogen (secondary N) is 1. The van der Waals surface area contributed by atoms with Crippen molar-refractivity contribution in [3.8, 4) is 5.95 Å². The maximum Gasteiger partial charge on any atom is 0.305 e. The molecule has 1 N–H and O–H groups in total. The molecule has 1 aromatic carbocycles. The molecule has 0 fully saturated rings. The number of rotatable bonds is 5. The van der Waals surface area contributed by atoms with Gasteiger partial charge in [0.05, 0.1) is 4.92 Å². The summed E-state index contributed by atoms with van der Waals surface area (Å²) in [6.07, 6.45) is 4.55. The molecule has 0 spiro atoms. The molecule has 4 rings (SSSR count). The van der Waals surface area contributed by atoms with Gasteiger partial charge in [-0.15, -0.1) is 0 Å². The molecule has 1 unspecified atom stereocenters. The lowest BCUT2D eigenvalue weighted by Crippen LogP contribution is -2.37. The van der Waals surface area contributed by atoms with Crippen LogP contribution >= 0.6 is 0 Å². The summed E-state index contributed by atoms with van der Waals surface area (Å²) in [5, 5.41) is 13.8. The standard InChI is InChI=1S/C19H20N6O3/c1-23(12-13-5-3-2-4-6-13)14-7-8-17-16(9-14)18(26)24(22-17)19-20-10-15(11-21-19)25(27)28/h2-6,10-11,14,22H,7-9,12H2,1H3. The summed E-state index contributed by atoms with van der Waals surface area (Å²) >= 11 is 0. The summed E-state index contributed by atoms with van der Waals surface area (Å²) in [4.78, 5) is 33.2. The van der Waals surface area contributed by atoms with Gasteiger partial charge in [0.2, 0.25) is 0 Å². The number of aromatic amines is 1. The van der Waals surface area contributed by atoms with E-state index in [4.69, 9.17) is 0 Å². The van der Waals surface area contributed by atoms with Crippen molar-refractivity contribution in [3.05, 3.63) is 80.0 Å². The molecule has 2 heterocycles. The Morgan fingerprint density at radius 1 is 1.29 bits per heavy atom. The Hall–Kier alpha value is -3.33. The first-order valence-corrected chi connectivity index (χ1v) is 9.06. The van der Waals surface area contributed by atoms with Gasteiger partial charge in [-0.05, 0) is 31.9 Å². The summed E-state index contributed by atoms with van der Waals surface area (Å²) in [6.45, 7) is 0.824.